The van der Waals surface area contributed by atoms with Crippen LogP contribution in [-0.4, -0.2) is 40.7 Å². The van der Waals surface area contributed by atoms with Gasteiger partial charge in [-0.05, 0) is 43.2 Å². The monoisotopic (exact) mass is 379 g/mol. The molecular weight excluding hydrogens is 354 g/mol. The second kappa shape index (κ2) is 7.18. The Morgan fingerprint density at radius 1 is 1.21 bits per heavy atom. The summed E-state index contributed by atoms with van der Waals surface area (Å²) in [6.07, 6.45) is 9.06. The summed E-state index contributed by atoms with van der Waals surface area (Å²) in [5.74, 6) is 0.196. The molecule has 1 aromatic carbocycles. The summed E-state index contributed by atoms with van der Waals surface area (Å²) in [4.78, 5) is 18.9. The maximum atomic E-state index is 12.3. The molecule has 2 aliphatic heterocycles. The minimum atomic E-state index is -0.492. The highest BCUT2D eigenvalue weighted by molar-refractivity contribution is 6.04. The number of carbonyl (C=O) groups excluding carboxylic acids is 1. The topological polar surface area (TPSA) is 63.7 Å². The van der Waals surface area contributed by atoms with Crippen LogP contribution in [0.1, 0.15) is 48.0 Å². The molecule has 1 N–H and O–H groups in total. The number of aromatic nitrogens is 1. The SMILES string of the molecule is O=C(Nc1ccc2c(c1)COC1(CCN(C3CCC3)CC1)O2)c1cccnc1. The zero-order valence-corrected chi connectivity index (χ0v) is 15.9. The fourth-order valence-corrected chi connectivity index (χ4v) is 4.24. The van der Waals surface area contributed by atoms with Gasteiger partial charge in [-0.1, -0.05) is 6.42 Å². The molecule has 6 nitrogen and oxygen atoms in total. The molecule has 1 saturated heterocycles. The van der Waals surface area contributed by atoms with Gasteiger partial charge in [-0.3, -0.25) is 14.7 Å². The average molecular weight is 379 g/mol. The van der Waals surface area contributed by atoms with Crippen molar-refractivity contribution in [1.29, 1.82) is 0 Å². The highest BCUT2D eigenvalue weighted by Crippen LogP contribution is 2.40. The maximum absolute atomic E-state index is 12.3. The summed E-state index contributed by atoms with van der Waals surface area (Å²) in [7, 11) is 0. The molecule has 0 unspecified atom stereocenters. The van der Waals surface area contributed by atoms with E-state index in [0.717, 1.165) is 49.0 Å². The molecule has 2 aromatic rings. The number of amides is 1. The molecule has 2 fully saturated rings. The number of pyridine rings is 1. The van der Waals surface area contributed by atoms with Gasteiger partial charge in [0, 0.05) is 55.6 Å². The predicted molar refractivity (Wildman–Crippen MR) is 105 cm³/mol. The van der Waals surface area contributed by atoms with Gasteiger partial charge in [-0.15, -0.1) is 0 Å². The summed E-state index contributed by atoms with van der Waals surface area (Å²) in [5, 5.41) is 2.91. The smallest absolute Gasteiger partial charge is 0.257 e. The van der Waals surface area contributed by atoms with Gasteiger partial charge in [0.05, 0.1) is 12.2 Å². The van der Waals surface area contributed by atoms with Crippen molar-refractivity contribution in [2.24, 2.45) is 0 Å². The van der Waals surface area contributed by atoms with Crippen molar-refractivity contribution in [3.63, 3.8) is 0 Å². The second-order valence-corrected chi connectivity index (χ2v) is 7.94. The molecule has 1 aromatic heterocycles. The molecule has 3 aliphatic rings. The maximum Gasteiger partial charge on any atom is 0.257 e. The van der Waals surface area contributed by atoms with E-state index in [1.807, 2.05) is 18.2 Å². The van der Waals surface area contributed by atoms with Gasteiger partial charge in [0.2, 0.25) is 5.79 Å². The molecule has 146 valence electrons. The van der Waals surface area contributed by atoms with Crippen LogP contribution in [0.25, 0.3) is 0 Å². The quantitative estimate of drug-likeness (QED) is 0.883. The molecule has 3 heterocycles. The van der Waals surface area contributed by atoms with Crippen molar-refractivity contribution < 1.29 is 14.3 Å². The van der Waals surface area contributed by atoms with Gasteiger partial charge in [-0.25, -0.2) is 0 Å². The molecule has 1 amide bonds. The van der Waals surface area contributed by atoms with Crippen LogP contribution in [0, 0.1) is 0 Å². The largest absolute Gasteiger partial charge is 0.462 e. The standard InChI is InChI=1S/C22H25N3O3/c26-21(16-3-2-10-23-14-16)24-18-6-7-20-17(13-18)15-27-22(28-20)8-11-25(12-9-22)19-4-1-5-19/h2-3,6-7,10,13-14,19H,1,4-5,8-9,11-12,15H2,(H,24,26). The summed E-state index contributed by atoms with van der Waals surface area (Å²) in [6, 6.07) is 10.0. The molecule has 0 bridgehead atoms. The van der Waals surface area contributed by atoms with E-state index in [9.17, 15) is 4.79 Å². The van der Waals surface area contributed by atoms with Crippen molar-refractivity contribution in [2.75, 3.05) is 18.4 Å². The van der Waals surface area contributed by atoms with E-state index in [2.05, 4.69) is 15.2 Å². The fourth-order valence-electron chi connectivity index (χ4n) is 4.24. The van der Waals surface area contributed by atoms with E-state index < -0.39 is 5.79 Å². The second-order valence-electron chi connectivity index (χ2n) is 7.94. The van der Waals surface area contributed by atoms with Crippen LogP contribution in [0.3, 0.4) is 0 Å². The Balaban J connectivity index is 1.24. The van der Waals surface area contributed by atoms with Crippen molar-refractivity contribution >= 4 is 11.6 Å². The van der Waals surface area contributed by atoms with Crippen molar-refractivity contribution in [1.82, 2.24) is 9.88 Å². The lowest BCUT2D eigenvalue weighted by molar-refractivity contribution is -0.231. The molecule has 1 spiro atoms. The van der Waals surface area contributed by atoms with Crippen LogP contribution in [0.4, 0.5) is 5.69 Å². The van der Waals surface area contributed by atoms with Gasteiger partial charge in [0.1, 0.15) is 5.75 Å². The third-order valence-electron chi connectivity index (χ3n) is 6.18. The number of ether oxygens (including phenoxy) is 2. The third kappa shape index (κ3) is 3.38. The molecule has 1 aliphatic carbocycles. The summed E-state index contributed by atoms with van der Waals surface area (Å²) < 4.78 is 12.5. The Bertz CT molecular complexity index is 859. The van der Waals surface area contributed by atoms with E-state index in [1.165, 1.54) is 19.3 Å². The molecule has 0 radical (unpaired) electrons. The Morgan fingerprint density at radius 2 is 2.07 bits per heavy atom. The third-order valence-corrected chi connectivity index (χ3v) is 6.18. The number of rotatable bonds is 3. The summed E-state index contributed by atoms with van der Waals surface area (Å²) >= 11 is 0. The summed E-state index contributed by atoms with van der Waals surface area (Å²) in [5.41, 5.74) is 2.23. The van der Waals surface area contributed by atoms with E-state index in [4.69, 9.17) is 9.47 Å². The number of piperidine rings is 1. The Hall–Kier alpha value is -2.44. The fraction of sp³-hybridized carbons (Fsp3) is 0.455. The summed E-state index contributed by atoms with van der Waals surface area (Å²) in [6.45, 7) is 2.59. The molecular formula is C22H25N3O3. The van der Waals surface area contributed by atoms with Crippen molar-refractivity contribution in [2.45, 2.75) is 50.5 Å². The van der Waals surface area contributed by atoms with Crippen LogP contribution in [0.2, 0.25) is 0 Å². The van der Waals surface area contributed by atoms with Crippen LogP contribution < -0.4 is 10.1 Å². The number of carbonyl (C=O) groups is 1. The zero-order chi connectivity index (χ0) is 19.0. The first kappa shape index (κ1) is 17.6. The zero-order valence-electron chi connectivity index (χ0n) is 15.9. The minimum absolute atomic E-state index is 0.175. The van der Waals surface area contributed by atoms with E-state index >= 15 is 0 Å². The number of likely N-dealkylation sites (tertiary alicyclic amines) is 1. The number of fused-ring (bicyclic) bond motifs is 1. The highest BCUT2D eigenvalue weighted by Gasteiger charge is 2.42. The van der Waals surface area contributed by atoms with Crippen LogP contribution in [0.5, 0.6) is 5.75 Å². The van der Waals surface area contributed by atoms with Crippen molar-refractivity contribution in [3.05, 3.63) is 53.9 Å². The molecule has 0 atom stereocenters. The number of hydrogen-bond acceptors (Lipinski definition) is 5. The first-order valence-electron chi connectivity index (χ1n) is 10.1. The van der Waals surface area contributed by atoms with Gasteiger partial charge >= 0.3 is 0 Å². The van der Waals surface area contributed by atoms with E-state index in [1.54, 1.807) is 24.5 Å². The van der Waals surface area contributed by atoms with E-state index in [0.29, 0.717) is 12.2 Å². The Labute approximate surface area is 164 Å². The van der Waals surface area contributed by atoms with Gasteiger partial charge < -0.3 is 14.8 Å². The molecule has 28 heavy (non-hydrogen) atoms. The average Bonchev–Trinajstić information content (AvgIpc) is 2.69. The number of benzene rings is 1. The number of nitrogens with zero attached hydrogens (tertiary/aromatic N) is 2. The first-order chi connectivity index (χ1) is 13.7. The Morgan fingerprint density at radius 3 is 2.79 bits per heavy atom. The first-order valence-corrected chi connectivity index (χ1v) is 10.1. The molecule has 6 heteroatoms. The normalized spacial score (nSPS) is 21.4. The van der Waals surface area contributed by atoms with Gasteiger partial charge in [-0.2, -0.15) is 0 Å². The van der Waals surface area contributed by atoms with Gasteiger partial charge in [0.15, 0.2) is 0 Å². The number of nitrogens with one attached hydrogen (secondary N) is 1. The molecule has 5 rings (SSSR count). The number of hydrogen-bond donors (Lipinski definition) is 1. The van der Waals surface area contributed by atoms with Crippen LogP contribution in [-0.2, 0) is 11.3 Å². The lowest BCUT2D eigenvalue weighted by Gasteiger charge is -2.47. The van der Waals surface area contributed by atoms with Gasteiger partial charge in [0.25, 0.3) is 5.91 Å². The lowest BCUT2D eigenvalue weighted by atomic mass is 9.89. The lowest BCUT2D eigenvalue weighted by Crippen LogP contribution is -2.54. The Kier molecular flexibility index (Phi) is 4.53. The minimum Gasteiger partial charge on any atom is -0.462 e. The number of anilines is 1. The molecule has 1 saturated carbocycles. The van der Waals surface area contributed by atoms with Crippen molar-refractivity contribution in [3.8, 4) is 5.75 Å². The van der Waals surface area contributed by atoms with E-state index in [-0.39, 0.29) is 5.91 Å². The van der Waals surface area contributed by atoms with Crippen LogP contribution >= 0.6 is 0 Å². The van der Waals surface area contributed by atoms with Crippen LogP contribution in [0.15, 0.2) is 42.7 Å². The highest BCUT2D eigenvalue weighted by atomic mass is 16.7. The predicted octanol–water partition coefficient (Wildman–Crippen LogP) is 3.59.